The van der Waals surface area contributed by atoms with Crippen LogP contribution < -0.4 is 14.8 Å². The molecule has 9 heteroatoms. The van der Waals surface area contributed by atoms with E-state index in [-0.39, 0.29) is 28.7 Å². The van der Waals surface area contributed by atoms with Crippen molar-refractivity contribution < 1.29 is 29.0 Å². The minimum absolute atomic E-state index is 0.0105. The van der Waals surface area contributed by atoms with Crippen LogP contribution in [-0.2, 0) is 14.4 Å². The highest BCUT2D eigenvalue weighted by Gasteiger charge is 2.33. The predicted molar refractivity (Wildman–Crippen MR) is 101 cm³/mol. The molecule has 8 nitrogen and oxygen atoms in total. The van der Waals surface area contributed by atoms with Crippen LogP contribution in [0.5, 0.6) is 11.5 Å². The lowest BCUT2D eigenvalue weighted by Crippen LogP contribution is -2.53. The maximum atomic E-state index is 12.6. The van der Waals surface area contributed by atoms with E-state index in [4.69, 9.17) is 26.8 Å². The van der Waals surface area contributed by atoms with Gasteiger partial charge in [0, 0.05) is 12.1 Å². The van der Waals surface area contributed by atoms with Crippen LogP contribution in [0.1, 0.15) is 12.5 Å². The van der Waals surface area contributed by atoms with Gasteiger partial charge in [0.2, 0.25) is 0 Å². The van der Waals surface area contributed by atoms with Crippen molar-refractivity contribution in [1.82, 2.24) is 10.2 Å². The molecule has 2 amide bonds. The van der Waals surface area contributed by atoms with Crippen LogP contribution >= 0.6 is 12.2 Å². The predicted octanol–water partition coefficient (Wildman–Crippen LogP) is 1.36. The summed E-state index contributed by atoms with van der Waals surface area (Å²) < 4.78 is 10.7. The number of nitrogens with one attached hydrogen (secondary N) is 1. The maximum absolute atomic E-state index is 12.6. The first kappa shape index (κ1) is 20.1. The number of rotatable bonds is 7. The smallest absolute Gasteiger partial charge is 0.344 e. The summed E-state index contributed by atoms with van der Waals surface area (Å²) in [6.45, 7) is 5.05. The van der Waals surface area contributed by atoms with Crippen molar-refractivity contribution in [3.63, 3.8) is 0 Å². The van der Waals surface area contributed by atoms with Gasteiger partial charge in [0.1, 0.15) is 5.57 Å². The molecule has 1 aromatic rings. The molecule has 0 unspecified atom stereocenters. The number of para-hydroxylation sites is 1. The number of ether oxygens (including phenoxy) is 2. The molecule has 1 atom stereocenters. The lowest BCUT2D eigenvalue weighted by molar-refractivity contribution is -0.144. The quantitative estimate of drug-likeness (QED) is 0.313. The number of carboxylic acids is 1. The number of carboxylic acid groups (broad SMARTS) is 1. The molecule has 1 saturated heterocycles. The van der Waals surface area contributed by atoms with Crippen molar-refractivity contribution in [3.05, 3.63) is 42.0 Å². The summed E-state index contributed by atoms with van der Waals surface area (Å²) >= 11 is 5.00. The molecular weight excluding hydrogens is 372 g/mol. The molecule has 2 N–H and O–H groups in total. The summed E-state index contributed by atoms with van der Waals surface area (Å²) in [6, 6.07) is 4.78. The van der Waals surface area contributed by atoms with Crippen LogP contribution in [0.4, 0.5) is 0 Å². The fourth-order valence-corrected chi connectivity index (χ4v) is 2.56. The minimum Gasteiger partial charge on any atom is -0.493 e. The van der Waals surface area contributed by atoms with Crippen LogP contribution in [0.25, 0.3) is 6.08 Å². The van der Waals surface area contributed by atoms with Crippen LogP contribution in [0, 0.1) is 0 Å². The second kappa shape index (κ2) is 8.45. The van der Waals surface area contributed by atoms with E-state index < -0.39 is 23.9 Å². The summed E-state index contributed by atoms with van der Waals surface area (Å²) in [5.41, 5.74) is 0.138. The molecule has 1 aliphatic rings. The SMILES string of the molecule is C=CCN1C(=O)/C(=C\c2cccc(OC)c2O[C@H](C)C(=O)O)C(=O)NC1=S. The number of carbonyl (C=O) groups is 3. The Hall–Kier alpha value is -3.20. The van der Waals surface area contributed by atoms with E-state index in [0.29, 0.717) is 5.56 Å². The Kier molecular flexibility index (Phi) is 6.30. The zero-order chi connectivity index (χ0) is 20.1. The average molecular weight is 390 g/mol. The molecule has 27 heavy (non-hydrogen) atoms. The summed E-state index contributed by atoms with van der Waals surface area (Å²) in [5, 5.41) is 11.5. The van der Waals surface area contributed by atoms with E-state index in [9.17, 15) is 14.4 Å². The average Bonchev–Trinajstić information content (AvgIpc) is 2.62. The summed E-state index contributed by atoms with van der Waals surface area (Å²) in [7, 11) is 1.40. The highest BCUT2D eigenvalue weighted by molar-refractivity contribution is 7.80. The third-order valence-corrected chi connectivity index (χ3v) is 3.99. The summed E-state index contributed by atoms with van der Waals surface area (Å²) in [6.07, 6.45) is 1.62. The van der Waals surface area contributed by atoms with Crippen LogP contribution in [0.15, 0.2) is 36.4 Å². The minimum atomic E-state index is -1.17. The van der Waals surface area contributed by atoms with Gasteiger partial charge in [-0.15, -0.1) is 6.58 Å². The highest BCUT2D eigenvalue weighted by atomic mass is 32.1. The Bertz CT molecular complexity index is 848. The molecule has 1 aromatic carbocycles. The van der Waals surface area contributed by atoms with Crippen molar-refractivity contribution >= 4 is 41.2 Å². The Balaban J connectivity index is 2.52. The van der Waals surface area contributed by atoms with Gasteiger partial charge in [-0.25, -0.2) is 4.79 Å². The zero-order valence-corrected chi connectivity index (χ0v) is 15.5. The van der Waals surface area contributed by atoms with Crippen molar-refractivity contribution in [1.29, 1.82) is 0 Å². The number of nitrogens with zero attached hydrogens (tertiary/aromatic N) is 1. The molecular formula is C18H18N2O6S. The normalized spacial score (nSPS) is 16.7. The Labute approximate surface area is 161 Å². The molecule has 0 radical (unpaired) electrons. The monoisotopic (exact) mass is 390 g/mol. The molecule has 0 saturated carbocycles. The van der Waals surface area contributed by atoms with E-state index in [0.717, 1.165) is 0 Å². The highest BCUT2D eigenvalue weighted by Crippen LogP contribution is 2.34. The fourth-order valence-electron chi connectivity index (χ4n) is 2.30. The van der Waals surface area contributed by atoms with Crippen LogP contribution in [0.3, 0.4) is 0 Å². The van der Waals surface area contributed by atoms with Gasteiger partial charge in [-0.3, -0.25) is 19.8 Å². The van der Waals surface area contributed by atoms with Gasteiger partial charge in [-0.1, -0.05) is 18.2 Å². The zero-order valence-electron chi connectivity index (χ0n) is 14.7. The van der Waals surface area contributed by atoms with E-state index in [1.165, 1.54) is 31.1 Å². The van der Waals surface area contributed by atoms with Crippen molar-refractivity contribution in [2.75, 3.05) is 13.7 Å². The molecule has 0 bridgehead atoms. The lowest BCUT2D eigenvalue weighted by Gasteiger charge is -2.28. The van der Waals surface area contributed by atoms with Gasteiger partial charge in [0.05, 0.1) is 7.11 Å². The molecule has 1 fully saturated rings. The van der Waals surface area contributed by atoms with E-state index in [1.54, 1.807) is 18.2 Å². The van der Waals surface area contributed by atoms with E-state index in [2.05, 4.69) is 11.9 Å². The number of carbonyl (C=O) groups excluding carboxylic acids is 2. The number of methoxy groups -OCH3 is 1. The third kappa shape index (κ3) is 4.32. The topological polar surface area (TPSA) is 105 Å². The second-order valence-electron chi connectivity index (χ2n) is 5.50. The second-order valence-corrected chi connectivity index (χ2v) is 5.89. The Morgan fingerprint density at radius 3 is 2.74 bits per heavy atom. The molecule has 1 aliphatic heterocycles. The van der Waals surface area contributed by atoms with Gasteiger partial charge in [0.25, 0.3) is 11.8 Å². The van der Waals surface area contributed by atoms with Gasteiger partial charge in [0.15, 0.2) is 22.7 Å². The van der Waals surface area contributed by atoms with Gasteiger partial charge >= 0.3 is 5.97 Å². The van der Waals surface area contributed by atoms with E-state index in [1.807, 2.05) is 0 Å². The molecule has 2 rings (SSSR count). The number of hydrogen-bond donors (Lipinski definition) is 2. The molecule has 0 aromatic heterocycles. The number of hydrogen-bond acceptors (Lipinski definition) is 6. The summed E-state index contributed by atoms with van der Waals surface area (Å²) in [5.74, 6) is -2.06. The molecule has 0 aliphatic carbocycles. The molecule has 0 spiro atoms. The van der Waals surface area contributed by atoms with Crippen molar-refractivity contribution in [2.45, 2.75) is 13.0 Å². The first-order chi connectivity index (χ1) is 12.8. The van der Waals surface area contributed by atoms with Gasteiger partial charge in [-0.2, -0.15) is 0 Å². The van der Waals surface area contributed by atoms with Crippen molar-refractivity contribution in [3.8, 4) is 11.5 Å². The van der Waals surface area contributed by atoms with E-state index >= 15 is 0 Å². The number of aliphatic carboxylic acids is 1. The van der Waals surface area contributed by atoms with Crippen LogP contribution in [0.2, 0.25) is 0 Å². The lowest BCUT2D eigenvalue weighted by atomic mass is 10.1. The number of benzene rings is 1. The first-order valence-electron chi connectivity index (χ1n) is 7.86. The van der Waals surface area contributed by atoms with Gasteiger partial charge in [-0.05, 0) is 31.3 Å². The Morgan fingerprint density at radius 1 is 1.44 bits per heavy atom. The number of thiocarbonyl (C=S) groups is 1. The largest absolute Gasteiger partial charge is 0.493 e. The Morgan fingerprint density at radius 2 is 2.15 bits per heavy atom. The third-order valence-electron chi connectivity index (χ3n) is 3.67. The fraction of sp³-hybridized carbons (Fsp3) is 0.222. The summed E-state index contributed by atoms with van der Waals surface area (Å²) in [4.78, 5) is 37.2. The molecule has 142 valence electrons. The standard InChI is InChI=1S/C18H18N2O6S/c1-4-8-20-16(22)12(15(21)19-18(20)27)9-11-6-5-7-13(25-3)14(11)26-10(2)17(23)24/h4-7,9-10H,1,8H2,2-3H3,(H,23,24)(H,19,21,27)/b12-9-/t10-/m1/s1. The van der Waals surface area contributed by atoms with Crippen molar-refractivity contribution in [2.24, 2.45) is 0 Å². The first-order valence-corrected chi connectivity index (χ1v) is 8.27. The molecule has 1 heterocycles. The van der Waals surface area contributed by atoms with Crippen LogP contribution in [-0.4, -0.2) is 52.7 Å². The maximum Gasteiger partial charge on any atom is 0.344 e. The van der Waals surface area contributed by atoms with Gasteiger partial charge < -0.3 is 14.6 Å². The number of amides is 2.